The zero-order valence-electron chi connectivity index (χ0n) is 28.5. The highest BCUT2D eigenvalue weighted by Crippen LogP contribution is 2.53. The number of carbonyl (C=O) groups excluding carboxylic acids is 4. The van der Waals surface area contributed by atoms with Gasteiger partial charge in [-0.25, -0.2) is 14.4 Å². The van der Waals surface area contributed by atoms with E-state index < -0.39 is 88.4 Å². The molecule has 16 heteroatoms. The van der Waals surface area contributed by atoms with Crippen LogP contribution < -0.4 is 4.74 Å². The fourth-order valence-corrected chi connectivity index (χ4v) is 5.74. The van der Waals surface area contributed by atoms with Crippen molar-refractivity contribution in [1.82, 2.24) is 0 Å². The molecular formula is C38H34O16. The lowest BCUT2D eigenvalue weighted by Crippen LogP contribution is -2.33. The molecule has 0 saturated carbocycles. The number of methoxy groups -OCH3 is 2. The van der Waals surface area contributed by atoms with Gasteiger partial charge in [0.2, 0.25) is 12.2 Å². The molecule has 1 heterocycles. The van der Waals surface area contributed by atoms with Crippen LogP contribution in [-0.2, 0) is 51.0 Å². The van der Waals surface area contributed by atoms with Crippen molar-refractivity contribution in [2.75, 3.05) is 14.2 Å². The van der Waals surface area contributed by atoms with Crippen LogP contribution in [-0.4, -0.2) is 86.1 Å². The van der Waals surface area contributed by atoms with Crippen LogP contribution in [0.1, 0.15) is 39.8 Å². The van der Waals surface area contributed by atoms with Gasteiger partial charge in [0.15, 0.2) is 46.0 Å². The zero-order valence-corrected chi connectivity index (χ0v) is 28.5. The summed E-state index contributed by atoms with van der Waals surface area (Å²) in [6.07, 6.45) is -2.82. The van der Waals surface area contributed by atoms with Gasteiger partial charge in [0, 0.05) is 24.5 Å². The molecule has 0 aromatic heterocycles. The Labute approximate surface area is 306 Å². The van der Waals surface area contributed by atoms with Gasteiger partial charge in [-0.05, 0) is 70.8 Å². The van der Waals surface area contributed by atoms with Gasteiger partial charge in [-0.1, -0.05) is 24.3 Å². The van der Waals surface area contributed by atoms with Crippen molar-refractivity contribution in [2.45, 2.75) is 37.1 Å². The van der Waals surface area contributed by atoms with E-state index in [2.05, 4.69) is 0 Å². The number of benzene rings is 4. The van der Waals surface area contributed by atoms with Crippen LogP contribution in [0.5, 0.6) is 46.0 Å². The Morgan fingerprint density at radius 1 is 0.648 bits per heavy atom. The molecule has 0 amide bonds. The molecule has 282 valence electrons. The second kappa shape index (κ2) is 16.1. The fraction of sp³-hybridized carbons (Fsp3) is 0.211. The van der Waals surface area contributed by atoms with Gasteiger partial charge in [-0.3, -0.25) is 4.79 Å². The van der Waals surface area contributed by atoms with Crippen LogP contribution in [0.4, 0.5) is 0 Å². The summed E-state index contributed by atoms with van der Waals surface area (Å²) < 4.78 is 26.7. The van der Waals surface area contributed by atoms with Crippen molar-refractivity contribution < 1.29 is 78.6 Å². The smallest absolute Gasteiger partial charge is 0.347 e. The van der Waals surface area contributed by atoms with E-state index in [4.69, 9.17) is 23.7 Å². The zero-order chi connectivity index (χ0) is 39.3. The third-order valence-corrected chi connectivity index (χ3v) is 8.42. The molecule has 16 nitrogen and oxygen atoms in total. The van der Waals surface area contributed by atoms with Crippen molar-refractivity contribution in [3.8, 4) is 46.0 Å². The van der Waals surface area contributed by atoms with E-state index >= 15 is 0 Å². The molecule has 1 aliphatic heterocycles. The number of esters is 4. The number of fused-ring (bicyclic) bond motifs is 1. The molecule has 0 bridgehead atoms. The van der Waals surface area contributed by atoms with E-state index in [0.29, 0.717) is 5.56 Å². The van der Waals surface area contributed by atoms with E-state index in [-0.39, 0.29) is 40.8 Å². The highest BCUT2D eigenvalue weighted by molar-refractivity contribution is 5.92. The number of phenolic OH excluding ortho intramolecular Hbond substituents is 7. The second-order valence-corrected chi connectivity index (χ2v) is 12.0. The third-order valence-electron chi connectivity index (χ3n) is 8.42. The molecule has 1 aliphatic rings. The summed E-state index contributed by atoms with van der Waals surface area (Å²) in [5.41, 5.74) is 0.839. The number of hydrogen-bond acceptors (Lipinski definition) is 16. The second-order valence-electron chi connectivity index (χ2n) is 12.0. The minimum Gasteiger partial charge on any atom is -0.504 e. The largest absolute Gasteiger partial charge is 0.504 e. The summed E-state index contributed by atoms with van der Waals surface area (Å²) in [6, 6.07) is 13.6. The van der Waals surface area contributed by atoms with Crippen molar-refractivity contribution in [2.24, 2.45) is 0 Å². The van der Waals surface area contributed by atoms with Gasteiger partial charge in [0.25, 0.3) is 0 Å². The molecule has 0 saturated heterocycles. The first-order valence-corrected chi connectivity index (χ1v) is 16.0. The predicted octanol–water partition coefficient (Wildman–Crippen LogP) is 3.51. The maximum absolute atomic E-state index is 14.2. The van der Waals surface area contributed by atoms with E-state index in [9.17, 15) is 54.9 Å². The topological polar surface area (TPSA) is 256 Å². The van der Waals surface area contributed by atoms with Crippen LogP contribution >= 0.6 is 0 Å². The Balaban J connectivity index is 1.49. The minimum atomic E-state index is -1.60. The molecule has 0 unspecified atom stereocenters. The number of phenols is 7. The molecular weight excluding hydrogens is 712 g/mol. The summed E-state index contributed by atoms with van der Waals surface area (Å²) in [4.78, 5) is 52.5. The Kier molecular flexibility index (Phi) is 11.3. The van der Waals surface area contributed by atoms with E-state index in [0.717, 1.165) is 38.5 Å². The molecule has 0 aliphatic carbocycles. The monoisotopic (exact) mass is 746 g/mol. The first-order chi connectivity index (χ1) is 25.7. The van der Waals surface area contributed by atoms with Crippen LogP contribution in [0.25, 0.3) is 6.08 Å². The van der Waals surface area contributed by atoms with Crippen LogP contribution in [0.15, 0.2) is 72.8 Å². The minimum absolute atomic E-state index is 0.0170. The summed E-state index contributed by atoms with van der Waals surface area (Å²) in [5.74, 6) is -9.00. The highest BCUT2D eigenvalue weighted by atomic mass is 16.6. The lowest BCUT2D eigenvalue weighted by molar-refractivity contribution is -0.167. The van der Waals surface area contributed by atoms with E-state index in [1.807, 2.05) is 0 Å². The standard InChI is InChI=1S/C38H34O16/c1-50-36(47)29(15-18-3-8-22(39)26(43)13-18)52-31(46)12-7-20-5-11-25(42)35-32(20)33(34(54-35)21-6-10-24(41)28(45)17-21)38(49)53-30(37(48)51-2)16-19-4-9-23(40)27(44)14-19/h3-14,17,29-30,33-34,39-45H,15-16H2,1-2H3/b12-7+/t29-,30-,33-,34+/m0/s1. The van der Waals surface area contributed by atoms with Gasteiger partial charge in [0.05, 0.1) is 14.2 Å². The summed E-state index contributed by atoms with van der Waals surface area (Å²) in [7, 11) is 2.14. The van der Waals surface area contributed by atoms with Crippen molar-refractivity contribution >= 4 is 30.0 Å². The summed E-state index contributed by atoms with van der Waals surface area (Å²) >= 11 is 0. The summed E-state index contributed by atoms with van der Waals surface area (Å²) in [6.45, 7) is 0. The number of aromatic hydroxyl groups is 7. The highest BCUT2D eigenvalue weighted by Gasteiger charge is 2.46. The molecule has 0 radical (unpaired) electrons. The van der Waals surface area contributed by atoms with Gasteiger partial charge < -0.3 is 59.4 Å². The van der Waals surface area contributed by atoms with Crippen molar-refractivity contribution in [3.63, 3.8) is 0 Å². The average Bonchev–Trinajstić information content (AvgIpc) is 3.56. The van der Waals surface area contributed by atoms with Gasteiger partial charge in [0.1, 0.15) is 12.0 Å². The normalized spacial score (nSPS) is 15.7. The third kappa shape index (κ3) is 8.33. The summed E-state index contributed by atoms with van der Waals surface area (Å²) in [5, 5.41) is 70.2. The Morgan fingerprint density at radius 3 is 1.67 bits per heavy atom. The maximum atomic E-state index is 14.2. The van der Waals surface area contributed by atoms with Crippen LogP contribution in [0.2, 0.25) is 0 Å². The predicted molar refractivity (Wildman–Crippen MR) is 184 cm³/mol. The molecule has 54 heavy (non-hydrogen) atoms. The van der Waals surface area contributed by atoms with E-state index in [1.54, 1.807) is 0 Å². The molecule has 7 N–H and O–H groups in total. The van der Waals surface area contributed by atoms with Gasteiger partial charge in [-0.15, -0.1) is 0 Å². The first kappa shape index (κ1) is 38.1. The number of hydrogen-bond donors (Lipinski definition) is 7. The van der Waals surface area contributed by atoms with Crippen LogP contribution in [0.3, 0.4) is 0 Å². The van der Waals surface area contributed by atoms with E-state index in [1.165, 1.54) is 54.6 Å². The molecule has 5 rings (SSSR count). The molecule has 0 fully saturated rings. The van der Waals surface area contributed by atoms with Gasteiger partial charge in [-0.2, -0.15) is 0 Å². The maximum Gasteiger partial charge on any atom is 0.347 e. The molecule has 4 aromatic rings. The van der Waals surface area contributed by atoms with Crippen molar-refractivity contribution in [3.05, 3.63) is 101 Å². The first-order valence-electron chi connectivity index (χ1n) is 16.0. The Hall–Kier alpha value is -7.10. The molecule has 4 atom stereocenters. The number of carbonyl (C=O) groups is 4. The lowest BCUT2D eigenvalue weighted by Gasteiger charge is -2.22. The Bertz CT molecular complexity index is 2120. The molecule has 4 aromatic carbocycles. The fourth-order valence-electron chi connectivity index (χ4n) is 5.74. The average molecular weight is 747 g/mol. The molecule has 0 spiro atoms. The Morgan fingerprint density at radius 2 is 1.15 bits per heavy atom. The lowest BCUT2D eigenvalue weighted by atomic mass is 9.87. The number of rotatable bonds is 12. The number of ether oxygens (including phenoxy) is 5. The van der Waals surface area contributed by atoms with Crippen molar-refractivity contribution in [1.29, 1.82) is 0 Å². The quantitative estimate of drug-likeness (QED) is 0.0474. The van der Waals surface area contributed by atoms with Crippen LogP contribution in [0, 0.1) is 0 Å². The SMILES string of the molecule is COC(=O)[C@H](Cc1ccc(O)c(O)c1)OC(=O)/C=C/c1ccc(O)c2c1[C@H](C(=O)O[C@@H](Cc1ccc(O)c(O)c1)C(=O)OC)[C@@H](c1ccc(O)c(O)c1)O2. The van der Waals surface area contributed by atoms with Gasteiger partial charge >= 0.3 is 23.9 Å².